The quantitative estimate of drug-likeness (QED) is 0.195. The summed E-state index contributed by atoms with van der Waals surface area (Å²) in [6.45, 7) is 0. The van der Waals surface area contributed by atoms with Crippen LogP contribution in [0.15, 0.2) is 176 Å². The van der Waals surface area contributed by atoms with Crippen LogP contribution < -0.4 is 0 Å². The Morgan fingerprint density at radius 3 is 1.49 bits per heavy atom. The Labute approximate surface area is 283 Å². The molecule has 0 atom stereocenters. The highest BCUT2D eigenvalue weighted by Gasteiger charge is 2.17. The van der Waals surface area contributed by atoms with Crippen molar-refractivity contribution in [3.63, 3.8) is 0 Å². The van der Waals surface area contributed by atoms with E-state index in [1.165, 1.54) is 43.4 Å². The predicted molar refractivity (Wildman–Crippen MR) is 205 cm³/mol. The Morgan fingerprint density at radius 1 is 0.347 bits per heavy atom. The molecule has 10 aromatic rings. The Morgan fingerprint density at radius 2 is 0.857 bits per heavy atom. The highest BCUT2D eigenvalue weighted by molar-refractivity contribution is 6.28. The van der Waals surface area contributed by atoms with Crippen molar-refractivity contribution in [1.29, 1.82) is 0 Å². The second-order valence-electron chi connectivity index (χ2n) is 12.6. The highest BCUT2D eigenvalue weighted by Crippen LogP contribution is 2.40. The number of rotatable bonds is 4. The standard InChI is InChI=1S/C46H29N3/c1-2-12-34(13-3-1)45-39-16-8-9-17-40(39)47-46(48-45)35-20-18-30(19-21-35)31-22-26-36(27-23-31)49-41-28-24-32-10-4-6-14-37(32)43(41)44-38-15-7-5-11-33(38)25-29-42(44)49/h1-29H. The molecule has 3 heteroatoms. The lowest BCUT2D eigenvalue weighted by molar-refractivity contribution is 1.18. The van der Waals surface area contributed by atoms with Crippen LogP contribution in [0.2, 0.25) is 0 Å². The second kappa shape index (κ2) is 11.0. The first-order valence-corrected chi connectivity index (χ1v) is 16.7. The maximum Gasteiger partial charge on any atom is 0.160 e. The van der Waals surface area contributed by atoms with Crippen molar-refractivity contribution in [3.8, 4) is 39.5 Å². The van der Waals surface area contributed by atoms with Crippen molar-refractivity contribution in [2.75, 3.05) is 0 Å². The minimum absolute atomic E-state index is 0.728. The van der Waals surface area contributed by atoms with Crippen molar-refractivity contribution >= 4 is 54.3 Å². The fourth-order valence-corrected chi connectivity index (χ4v) is 7.46. The van der Waals surface area contributed by atoms with Gasteiger partial charge in [0.15, 0.2) is 5.82 Å². The minimum Gasteiger partial charge on any atom is -0.309 e. The molecular formula is C46H29N3. The van der Waals surface area contributed by atoms with E-state index in [0.717, 1.165) is 50.4 Å². The van der Waals surface area contributed by atoms with Crippen molar-refractivity contribution < 1.29 is 0 Å². The Balaban J connectivity index is 1.06. The van der Waals surface area contributed by atoms with E-state index in [9.17, 15) is 0 Å². The van der Waals surface area contributed by atoms with Gasteiger partial charge in [0.2, 0.25) is 0 Å². The molecule has 49 heavy (non-hydrogen) atoms. The normalized spacial score (nSPS) is 11.7. The number of para-hydroxylation sites is 1. The van der Waals surface area contributed by atoms with E-state index in [0.29, 0.717) is 0 Å². The van der Waals surface area contributed by atoms with Gasteiger partial charge in [-0.05, 0) is 63.0 Å². The summed E-state index contributed by atoms with van der Waals surface area (Å²) in [6.07, 6.45) is 0. The zero-order valence-electron chi connectivity index (χ0n) is 26.6. The molecule has 3 nitrogen and oxygen atoms in total. The average molecular weight is 624 g/mol. The van der Waals surface area contributed by atoms with Crippen molar-refractivity contribution in [2.45, 2.75) is 0 Å². The Kier molecular flexibility index (Phi) is 6.18. The Bertz CT molecular complexity index is 2760. The van der Waals surface area contributed by atoms with Crippen LogP contribution in [0.5, 0.6) is 0 Å². The molecule has 0 spiro atoms. The van der Waals surface area contributed by atoms with Crippen LogP contribution in [-0.4, -0.2) is 14.5 Å². The number of fused-ring (bicyclic) bond motifs is 8. The molecule has 0 aliphatic carbocycles. The van der Waals surface area contributed by atoms with Crippen molar-refractivity contribution in [2.24, 2.45) is 0 Å². The lowest BCUT2D eigenvalue weighted by Gasteiger charge is -2.11. The monoisotopic (exact) mass is 623 g/mol. The van der Waals surface area contributed by atoms with Gasteiger partial charge in [-0.1, -0.05) is 146 Å². The van der Waals surface area contributed by atoms with Gasteiger partial charge in [-0.3, -0.25) is 0 Å². The fraction of sp³-hybridized carbons (Fsp3) is 0. The van der Waals surface area contributed by atoms with Crippen LogP contribution in [0.25, 0.3) is 93.7 Å². The lowest BCUT2D eigenvalue weighted by atomic mass is 10.00. The molecule has 10 rings (SSSR count). The first-order valence-electron chi connectivity index (χ1n) is 16.7. The molecule has 0 amide bonds. The number of hydrogen-bond donors (Lipinski definition) is 0. The maximum absolute atomic E-state index is 5.06. The van der Waals surface area contributed by atoms with E-state index < -0.39 is 0 Å². The molecule has 0 saturated heterocycles. The molecular weight excluding hydrogens is 595 g/mol. The van der Waals surface area contributed by atoms with Gasteiger partial charge in [0.05, 0.1) is 22.2 Å². The van der Waals surface area contributed by atoms with Crippen LogP contribution in [0.3, 0.4) is 0 Å². The van der Waals surface area contributed by atoms with Gasteiger partial charge in [0.25, 0.3) is 0 Å². The summed E-state index contributed by atoms with van der Waals surface area (Å²) in [5.41, 5.74) is 9.86. The van der Waals surface area contributed by atoms with E-state index in [1.54, 1.807) is 0 Å². The SMILES string of the molecule is c1ccc(-c2nc(-c3ccc(-c4ccc(-n5c6ccc7ccccc7c6c6c7ccccc7ccc65)cc4)cc3)nc3ccccc23)cc1. The fourth-order valence-electron chi connectivity index (χ4n) is 7.46. The molecule has 0 fully saturated rings. The second-order valence-corrected chi connectivity index (χ2v) is 12.6. The van der Waals surface area contributed by atoms with E-state index in [1.807, 2.05) is 18.2 Å². The van der Waals surface area contributed by atoms with Gasteiger partial charge < -0.3 is 4.57 Å². The molecule has 2 heterocycles. The number of nitrogens with zero attached hydrogens (tertiary/aromatic N) is 3. The third kappa shape index (κ3) is 4.44. The van der Waals surface area contributed by atoms with Crippen LogP contribution in [-0.2, 0) is 0 Å². The molecule has 0 saturated carbocycles. The molecule has 0 aliphatic rings. The van der Waals surface area contributed by atoms with Gasteiger partial charge >= 0.3 is 0 Å². The Hall–Kier alpha value is -6.58. The molecule has 228 valence electrons. The topological polar surface area (TPSA) is 30.7 Å². The molecule has 0 radical (unpaired) electrons. The predicted octanol–water partition coefficient (Wildman–Crippen LogP) is 12.0. The van der Waals surface area contributed by atoms with Crippen molar-refractivity contribution in [3.05, 3.63) is 176 Å². The minimum atomic E-state index is 0.728. The third-order valence-corrected chi connectivity index (χ3v) is 9.80. The average Bonchev–Trinajstić information content (AvgIpc) is 3.53. The smallest absolute Gasteiger partial charge is 0.160 e. The van der Waals surface area contributed by atoms with Crippen molar-refractivity contribution in [1.82, 2.24) is 14.5 Å². The van der Waals surface area contributed by atoms with Gasteiger partial charge in [-0.25, -0.2) is 9.97 Å². The first-order chi connectivity index (χ1) is 24.3. The van der Waals surface area contributed by atoms with Crippen LogP contribution in [0.4, 0.5) is 0 Å². The molecule has 0 N–H and O–H groups in total. The molecule has 8 aromatic carbocycles. The zero-order valence-corrected chi connectivity index (χ0v) is 26.6. The summed E-state index contributed by atoms with van der Waals surface area (Å²) in [5.74, 6) is 0.728. The van der Waals surface area contributed by atoms with E-state index >= 15 is 0 Å². The first kappa shape index (κ1) is 27.5. The highest BCUT2D eigenvalue weighted by atomic mass is 15.0. The molecule has 2 aromatic heterocycles. The zero-order chi connectivity index (χ0) is 32.3. The van der Waals surface area contributed by atoms with E-state index in [4.69, 9.17) is 9.97 Å². The molecule has 0 bridgehead atoms. The summed E-state index contributed by atoms with van der Waals surface area (Å²) in [6, 6.07) is 62.6. The van der Waals surface area contributed by atoms with Gasteiger partial charge in [0.1, 0.15) is 0 Å². The largest absolute Gasteiger partial charge is 0.309 e. The van der Waals surface area contributed by atoms with Crippen LogP contribution in [0, 0.1) is 0 Å². The van der Waals surface area contributed by atoms with Gasteiger partial charge in [-0.2, -0.15) is 0 Å². The van der Waals surface area contributed by atoms with Crippen LogP contribution in [0.1, 0.15) is 0 Å². The molecule has 0 unspecified atom stereocenters. The van der Waals surface area contributed by atoms with Crippen LogP contribution >= 0.6 is 0 Å². The number of hydrogen-bond acceptors (Lipinski definition) is 2. The summed E-state index contributed by atoms with van der Waals surface area (Å²) in [7, 11) is 0. The van der Waals surface area contributed by atoms with Gasteiger partial charge in [-0.15, -0.1) is 0 Å². The molecule has 0 aliphatic heterocycles. The van der Waals surface area contributed by atoms with Gasteiger partial charge in [0, 0.05) is 33.0 Å². The summed E-state index contributed by atoms with van der Waals surface area (Å²) in [4.78, 5) is 10.0. The maximum atomic E-state index is 5.06. The summed E-state index contributed by atoms with van der Waals surface area (Å²) in [5, 5.41) is 8.73. The number of aromatic nitrogens is 3. The summed E-state index contributed by atoms with van der Waals surface area (Å²) < 4.78 is 2.41. The van der Waals surface area contributed by atoms with E-state index in [2.05, 4.69) is 162 Å². The van der Waals surface area contributed by atoms with E-state index in [-0.39, 0.29) is 0 Å². The summed E-state index contributed by atoms with van der Waals surface area (Å²) >= 11 is 0. The third-order valence-electron chi connectivity index (χ3n) is 9.80. The number of benzene rings is 8. The lowest BCUT2D eigenvalue weighted by Crippen LogP contribution is -1.95.